The van der Waals surface area contributed by atoms with Crippen molar-refractivity contribution < 1.29 is 13.2 Å². The minimum absolute atomic E-state index is 0.462. The Kier molecular flexibility index (Phi) is 5.58. The Morgan fingerprint density at radius 1 is 0.893 bits per heavy atom. The Balaban J connectivity index is 1.43. The van der Waals surface area contributed by atoms with Crippen molar-refractivity contribution in [2.24, 2.45) is 0 Å². The van der Waals surface area contributed by atoms with Crippen LogP contribution in [0, 0.1) is 0 Å². The van der Waals surface area contributed by atoms with E-state index >= 15 is 0 Å². The SMILES string of the molecule is FC(F)(F)c1cccc(CCC2=CC3CCCC(C2)N3Cc2ccccc2)c1. The summed E-state index contributed by atoms with van der Waals surface area (Å²) in [5.41, 5.74) is 2.98. The summed E-state index contributed by atoms with van der Waals surface area (Å²) in [5.74, 6) is 0. The lowest BCUT2D eigenvalue weighted by molar-refractivity contribution is -0.137. The molecule has 2 aromatic rings. The number of halogens is 3. The summed E-state index contributed by atoms with van der Waals surface area (Å²) in [6, 6.07) is 17.4. The maximum absolute atomic E-state index is 12.9. The molecule has 0 saturated carbocycles. The highest BCUT2D eigenvalue weighted by atomic mass is 19.4. The molecule has 1 fully saturated rings. The van der Waals surface area contributed by atoms with Crippen LogP contribution in [-0.4, -0.2) is 17.0 Å². The fourth-order valence-electron chi connectivity index (χ4n) is 4.64. The summed E-state index contributed by atoms with van der Waals surface area (Å²) < 4.78 is 38.8. The van der Waals surface area contributed by atoms with Gasteiger partial charge in [0, 0.05) is 18.6 Å². The van der Waals surface area contributed by atoms with Gasteiger partial charge >= 0.3 is 6.18 Å². The van der Waals surface area contributed by atoms with Crippen LogP contribution < -0.4 is 0 Å². The van der Waals surface area contributed by atoms with Gasteiger partial charge in [0.25, 0.3) is 0 Å². The molecule has 0 aliphatic carbocycles. The van der Waals surface area contributed by atoms with Crippen LogP contribution in [0.25, 0.3) is 0 Å². The fourth-order valence-corrected chi connectivity index (χ4v) is 4.64. The molecule has 0 radical (unpaired) electrons. The zero-order chi connectivity index (χ0) is 19.6. The Morgan fingerprint density at radius 2 is 1.68 bits per heavy atom. The van der Waals surface area contributed by atoms with E-state index in [1.807, 2.05) is 6.07 Å². The third-order valence-electron chi connectivity index (χ3n) is 6.06. The van der Waals surface area contributed by atoms with Gasteiger partial charge in [0.1, 0.15) is 0 Å². The highest BCUT2D eigenvalue weighted by molar-refractivity contribution is 5.27. The molecular formula is C24H26F3N. The van der Waals surface area contributed by atoms with Crippen LogP contribution in [0.15, 0.2) is 66.2 Å². The molecule has 2 unspecified atom stereocenters. The monoisotopic (exact) mass is 385 g/mol. The molecule has 0 aromatic heterocycles. The van der Waals surface area contributed by atoms with Crippen molar-refractivity contribution >= 4 is 0 Å². The van der Waals surface area contributed by atoms with Gasteiger partial charge in [-0.1, -0.05) is 66.6 Å². The molecule has 4 rings (SSSR count). The standard InChI is InChI=1S/C24H26F3N/c25-24(26,27)21-9-4-8-18(14-21)12-13-20-15-22-10-5-11-23(16-20)28(22)17-19-6-2-1-3-7-19/h1-4,6-9,14-15,22-23H,5,10-13,16-17H2. The van der Waals surface area contributed by atoms with Crippen molar-refractivity contribution in [2.75, 3.05) is 0 Å². The van der Waals surface area contributed by atoms with E-state index in [0.29, 0.717) is 18.5 Å². The van der Waals surface area contributed by atoms with Crippen LogP contribution in [0.4, 0.5) is 13.2 Å². The third-order valence-corrected chi connectivity index (χ3v) is 6.06. The van der Waals surface area contributed by atoms with Crippen molar-refractivity contribution in [1.29, 1.82) is 0 Å². The van der Waals surface area contributed by atoms with Crippen LogP contribution in [0.1, 0.15) is 48.8 Å². The number of nitrogens with zero attached hydrogens (tertiary/aromatic N) is 1. The molecule has 28 heavy (non-hydrogen) atoms. The number of fused-ring (bicyclic) bond motifs is 2. The molecule has 0 N–H and O–H groups in total. The number of rotatable bonds is 5. The van der Waals surface area contributed by atoms with Gasteiger partial charge in [0.2, 0.25) is 0 Å². The Labute approximate surface area is 164 Å². The van der Waals surface area contributed by atoms with Crippen molar-refractivity contribution in [2.45, 2.75) is 63.3 Å². The number of benzene rings is 2. The molecule has 2 aromatic carbocycles. The van der Waals surface area contributed by atoms with E-state index in [4.69, 9.17) is 0 Å². The zero-order valence-corrected chi connectivity index (χ0v) is 16.0. The molecule has 2 bridgehead atoms. The van der Waals surface area contributed by atoms with E-state index in [1.165, 1.54) is 42.5 Å². The zero-order valence-electron chi connectivity index (χ0n) is 16.0. The number of aryl methyl sites for hydroxylation is 1. The molecule has 1 saturated heterocycles. The largest absolute Gasteiger partial charge is 0.416 e. The Morgan fingerprint density at radius 3 is 2.43 bits per heavy atom. The van der Waals surface area contributed by atoms with Gasteiger partial charge in [-0.2, -0.15) is 13.2 Å². The summed E-state index contributed by atoms with van der Waals surface area (Å²) in [7, 11) is 0. The van der Waals surface area contributed by atoms with Gasteiger partial charge in [-0.15, -0.1) is 0 Å². The first-order chi connectivity index (χ1) is 13.5. The van der Waals surface area contributed by atoms with Crippen molar-refractivity contribution in [3.8, 4) is 0 Å². The second-order valence-corrected chi connectivity index (χ2v) is 8.04. The van der Waals surface area contributed by atoms with Crippen LogP contribution in [0.5, 0.6) is 0 Å². The summed E-state index contributed by atoms with van der Waals surface area (Å²) in [6.07, 6.45) is 4.35. The van der Waals surface area contributed by atoms with Gasteiger partial charge in [0.05, 0.1) is 5.56 Å². The lowest BCUT2D eigenvalue weighted by atomic mass is 9.83. The maximum Gasteiger partial charge on any atom is 0.416 e. The number of hydrogen-bond acceptors (Lipinski definition) is 1. The van der Waals surface area contributed by atoms with Crippen LogP contribution in [0.2, 0.25) is 0 Å². The summed E-state index contributed by atoms with van der Waals surface area (Å²) in [6.45, 7) is 0.980. The second-order valence-electron chi connectivity index (χ2n) is 8.04. The predicted octanol–water partition coefficient (Wildman–Crippen LogP) is 6.39. The molecule has 1 nitrogen and oxygen atoms in total. The Bertz CT molecular complexity index is 825. The van der Waals surface area contributed by atoms with Crippen molar-refractivity contribution in [3.63, 3.8) is 0 Å². The molecule has 2 aliphatic heterocycles. The Hall–Kier alpha value is -2.07. The van der Waals surface area contributed by atoms with Gasteiger partial charge in [-0.05, 0) is 49.3 Å². The lowest BCUT2D eigenvalue weighted by Crippen LogP contribution is -2.48. The van der Waals surface area contributed by atoms with Crippen molar-refractivity contribution in [3.05, 3.63) is 82.9 Å². The average Bonchev–Trinajstić information content (AvgIpc) is 2.67. The molecule has 0 spiro atoms. The predicted molar refractivity (Wildman–Crippen MR) is 106 cm³/mol. The van der Waals surface area contributed by atoms with E-state index in [-0.39, 0.29) is 0 Å². The quantitative estimate of drug-likeness (QED) is 0.539. The van der Waals surface area contributed by atoms with Gasteiger partial charge in [0.15, 0.2) is 0 Å². The summed E-state index contributed by atoms with van der Waals surface area (Å²) in [4.78, 5) is 2.62. The van der Waals surface area contributed by atoms with E-state index in [9.17, 15) is 13.2 Å². The van der Waals surface area contributed by atoms with Gasteiger partial charge < -0.3 is 0 Å². The van der Waals surface area contributed by atoms with Gasteiger partial charge in [-0.25, -0.2) is 0 Å². The van der Waals surface area contributed by atoms with Gasteiger partial charge in [-0.3, -0.25) is 4.90 Å². The first-order valence-corrected chi connectivity index (χ1v) is 10.1. The second kappa shape index (κ2) is 8.12. The van der Waals surface area contributed by atoms with E-state index in [2.05, 4.69) is 35.2 Å². The highest BCUT2D eigenvalue weighted by Gasteiger charge is 2.34. The first kappa shape index (κ1) is 19.3. The molecular weight excluding hydrogens is 359 g/mol. The summed E-state index contributed by atoms with van der Waals surface area (Å²) >= 11 is 0. The average molecular weight is 385 g/mol. The molecule has 2 heterocycles. The topological polar surface area (TPSA) is 3.24 Å². The number of alkyl halides is 3. The first-order valence-electron chi connectivity index (χ1n) is 10.1. The number of hydrogen-bond donors (Lipinski definition) is 0. The summed E-state index contributed by atoms with van der Waals surface area (Å²) in [5, 5.41) is 0. The minimum atomic E-state index is -4.27. The molecule has 2 atom stereocenters. The van der Waals surface area contributed by atoms with E-state index in [0.717, 1.165) is 31.0 Å². The van der Waals surface area contributed by atoms with Crippen LogP contribution in [-0.2, 0) is 19.1 Å². The van der Waals surface area contributed by atoms with E-state index in [1.54, 1.807) is 6.07 Å². The molecule has 148 valence electrons. The van der Waals surface area contributed by atoms with Crippen LogP contribution >= 0.6 is 0 Å². The molecule has 0 amide bonds. The molecule has 2 aliphatic rings. The lowest BCUT2D eigenvalue weighted by Gasteiger charge is -2.45. The highest BCUT2D eigenvalue weighted by Crippen LogP contribution is 2.36. The van der Waals surface area contributed by atoms with Crippen LogP contribution in [0.3, 0.4) is 0 Å². The number of piperidine rings is 1. The molecule has 4 heteroatoms. The van der Waals surface area contributed by atoms with Crippen molar-refractivity contribution in [1.82, 2.24) is 4.90 Å². The fraction of sp³-hybridized carbons (Fsp3) is 0.417. The minimum Gasteiger partial charge on any atom is -0.289 e. The maximum atomic E-state index is 12.9. The smallest absolute Gasteiger partial charge is 0.289 e. The third kappa shape index (κ3) is 4.49. The van der Waals surface area contributed by atoms with E-state index < -0.39 is 11.7 Å². The normalized spacial score (nSPS) is 22.8.